The summed E-state index contributed by atoms with van der Waals surface area (Å²) in [5.74, 6) is -0.386. The molecule has 0 aromatic heterocycles. The van der Waals surface area contributed by atoms with Gasteiger partial charge in [0.15, 0.2) is 0 Å². The Bertz CT molecular complexity index is 481. The second kappa shape index (κ2) is 6.01. The quantitative estimate of drug-likeness (QED) is 0.927. The van der Waals surface area contributed by atoms with Crippen molar-refractivity contribution in [2.24, 2.45) is 11.7 Å². The molecule has 1 aliphatic rings. The summed E-state index contributed by atoms with van der Waals surface area (Å²) in [7, 11) is 1.70. The average molecular weight is 329 g/mol. The first-order chi connectivity index (χ1) is 8.99. The summed E-state index contributed by atoms with van der Waals surface area (Å²) in [4.78, 5) is 13.8. The summed E-state index contributed by atoms with van der Waals surface area (Å²) in [5, 5.41) is 0. The standard InChI is InChI=1S/C14H18BrFN2O/c1-18(14(19)11-3-2-4-13(11)17)8-9-7-10(15)5-6-12(9)16/h5-7,11,13H,2-4,8,17H2,1H3/t11-,13+/m1/s1. The van der Waals surface area contributed by atoms with Crippen LogP contribution in [0.15, 0.2) is 22.7 Å². The Labute approximate surface area is 121 Å². The van der Waals surface area contributed by atoms with Crippen molar-refractivity contribution in [1.82, 2.24) is 4.90 Å². The van der Waals surface area contributed by atoms with Crippen molar-refractivity contribution in [3.8, 4) is 0 Å². The van der Waals surface area contributed by atoms with Crippen molar-refractivity contribution in [2.75, 3.05) is 7.05 Å². The zero-order valence-corrected chi connectivity index (χ0v) is 12.5. The third-order valence-electron chi connectivity index (χ3n) is 3.68. The number of rotatable bonds is 3. The number of halogens is 2. The first-order valence-electron chi connectivity index (χ1n) is 6.43. The molecule has 0 saturated heterocycles. The van der Waals surface area contributed by atoms with Gasteiger partial charge in [0.25, 0.3) is 0 Å². The van der Waals surface area contributed by atoms with Crippen LogP contribution in [0, 0.1) is 11.7 Å². The molecule has 104 valence electrons. The van der Waals surface area contributed by atoms with Gasteiger partial charge in [0.2, 0.25) is 5.91 Å². The molecule has 1 aliphatic carbocycles. The van der Waals surface area contributed by atoms with Gasteiger partial charge < -0.3 is 10.6 Å². The first-order valence-corrected chi connectivity index (χ1v) is 7.23. The van der Waals surface area contributed by atoms with Crippen LogP contribution in [0.3, 0.4) is 0 Å². The molecule has 19 heavy (non-hydrogen) atoms. The SMILES string of the molecule is CN(Cc1cc(Br)ccc1F)C(=O)[C@@H]1CCC[C@@H]1N. The molecule has 2 rings (SSSR count). The number of hydrogen-bond acceptors (Lipinski definition) is 2. The molecule has 0 bridgehead atoms. The molecular formula is C14H18BrFN2O. The Morgan fingerprint density at radius 3 is 2.89 bits per heavy atom. The van der Waals surface area contributed by atoms with E-state index in [9.17, 15) is 9.18 Å². The number of nitrogens with zero attached hydrogens (tertiary/aromatic N) is 1. The largest absolute Gasteiger partial charge is 0.341 e. The molecule has 0 aliphatic heterocycles. The van der Waals surface area contributed by atoms with E-state index >= 15 is 0 Å². The second-order valence-corrected chi connectivity index (χ2v) is 6.05. The van der Waals surface area contributed by atoms with Crippen molar-refractivity contribution >= 4 is 21.8 Å². The molecule has 0 radical (unpaired) electrons. The van der Waals surface area contributed by atoms with Gasteiger partial charge in [-0.25, -0.2) is 4.39 Å². The molecule has 5 heteroatoms. The lowest BCUT2D eigenvalue weighted by atomic mass is 10.0. The molecule has 1 aromatic rings. The van der Waals surface area contributed by atoms with Crippen LogP contribution in [-0.4, -0.2) is 23.9 Å². The zero-order chi connectivity index (χ0) is 14.0. The van der Waals surface area contributed by atoms with Crippen LogP contribution in [0.5, 0.6) is 0 Å². The Hall–Kier alpha value is -0.940. The zero-order valence-electron chi connectivity index (χ0n) is 10.9. The van der Waals surface area contributed by atoms with Crippen LogP contribution in [-0.2, 0) is 11.3 Å². The average Bonchev–Trinajstić information content (AvgIpc) is 2.79. The van der Waals surface area contributed by atoms with E-state index < -0.39 is 0 Å². The van der Waals surface area contributed by atoms with E-state index in [1.54, 1.807) is 24.1 Å². The summed E-state index contributed by atoms with van der Waals surface area (Å²) in [6, 6.07) is 4.70. The molecule has 1 aromatic carbocycles. The van der Waals surface area contributed by atoms with E-state index in [2.05, 4.69) is 15.9 Å². The van der Waals surface area contributed by atoms with Gasteiger partial charge in [-0.2, -0.15) is 0 Å². The second-order valence-electron chi connectivity index (χ2n) is 5.13. The van der Waals surface area contributed by atoms with Gasteiger partial charge in [-0.15, -0.1) is 0 Å². The van der Waals surface area contributed by atoms with Gasteiger partial charge in [-0.1, -0.05) is 22.4 Å². The van der Waals surface area contributed by atoms with E-state index in [1.165, 1.54) is 6.07 Å². The molecule has 0 unspecified atom stereocenters. The minimum atomic E-state index is -0.293. The predicted octanol–water partition coefficient (Wildman–Crippen LogP) is 2.67. The van der Waals surface area contributed by atoms with Crippen LogP contribution < -0.4 is 5.73 Å². The highest BCUT2D eigenvalue weighted by Gasteiger charge is 2.32. The summed E-state index contributed by atoms with van der Waals surface area (Å²) >= 11 is 3.31. The summed E-state index contributed by atoms with van der Waals surface area (Å²) in [5.41, 5.74) is 6.45. The fourth-order valence-corrected chi connectivity index (χ4v) is 2.98. The smallest absolute Gasteiger partial charge is 0.227 e. The number of carbonyl (C=O) groups excluding carboxylic acids is 1. The molecular weight excluding hydrogens is 311 g/mol. The van der Waals surface area contributed by atoms with E-state index in [1.807, 2.05) is 0 Å². The van der Waals surface area contributed by atoms with Crippen LogP contribution in [0.2, 0.25) is 0 Å². The fraction of sp³-hybridized carbons (Fsp3) is 0.500. The number of benzene rings is 1. The van der Waals surface area contributed by atoms with Crippen molar-refractivity contribution < 1.29 is 9.18 Å². The van der Waals surface area contributed by atoms with Crippen molar-refractivity contribution in [3.63, 3.8) is 0 Å². The minimum absolute atomic E-state index is 0.0179. The van der Waals surface area contributed by atoms with Gasteiger partial charge in [0, 0.05) is 29.7 Å². The number of carbonyl (C=O) groups is 1. The van der Waals surface area contributed by atoms with Crippen LogP contribution >= 0.6 is 15.9 Å². The maximum absolute atomic E-state index is 13.7. The molecule has 1 saturated carbocycles. The lowest BCUT2D eigenvalue weighted by molar-refractivity contribution is -0.134. The molecule has 3 nitrogen and oxygen atoms in total. The van der Waals surface area contributed by atoms with Crippen molar-refractivity contribution in [2.45, 2.75) is 31.8 Å². The Kier molecular flexibility index (Phi) is 4.58. The van der Waals surface area contributed by atoms with Gasteiger partial charge in [-0.05, 0) is 31.0 Å². The highest BCUT2D eigenvalue weighted by atomic mass is 79.9. The van der Waals surface area contributed by atoms with Gasteiger partial charge >= 0.3 is 0 Å². The van der Waals surface area contributed by atoms with Crippen LogP contribution in [0.4, 0.5) is 4.39 Å². The van der Waals surface area contributed by atoms with E-state index in [4.69, 9.17) is 5.73 Å². The number of hydrogen-bond donors (Lipinski definition) is 1. The monoisotopic (exact) mass is 328 g/mol. The lowest BCUT2D eigenvalue weighted by Gasteiger charge is -2.23. The Morgan fingerprint density at radius 2 is 2.26 bits per heavy atom. The molecule has 0 heterocycles. The van der Waals surface area contributed by atoms with E-state index in [-0.39, 0.29) is 30.2 Å². The third kappa shape index (κ3) is 3.34. The fourth-order valence-electron chi connectivity index (χ4n) is 2.58. The van der Waals surface area contributed by atoms with E-state index in [0.29, 0.717) is 5.56 Å². The molecule has 2 atom stereocenters. The molecule has 1 amide bonds. The Balaban J connectivity index is 2.06. The first kappa shape index (κ1) is 14.5. The normalized spacial score (nSPS) is 22.5. The van der Waals surface area contributed by atoms with E-state index in [0.717, 1.165) is 23.7 Å². The van der Waals surface area contributed by atoms with Gasteiger partial charge in [0.1, 0.15) is 5.82 Å². The maximum atomic E-state index is 13.7. The van der Waals surface area contributed by atoms with Gasteiger partial charge in [-0.3, -0.25) is 4.79 Å². The topological polar surface area (TPSA) is 46.3 Å². The number of amides is 1. The van der Waals surface area contributed by atoms with Crippen molar-refractivity contribution in [3.05, 3.63) is 34.1 Å². The molecule has 1 fully saturated rings. The summed E-state index contributed by atoms with van der Waals surface area (Å²) in [6.07, 6.45) is 2.73. The highest BCUT2D eigenvalue weighted by molar-refractivity contribution is 9.10. The lowest BCUT2D eigenvalue weighted by Crippen LogP contribution is -2.39. The van der Waals surface area contributed by atoms with Crippen LogP contribution in [0.25, 0.3) is 0 Å². The molecule has 0 spiro atoms. The van der Waals surface area contributed by atoms with Crippen LogP contribution in [0.1, 0.15) is 24.8 Å². The Morgan fingerprint density at radius 1 is 1.53 bits per heavy atom. The highest BCUT2D eigenvalue weighted by Crippen LogP contribution is 2.26. The summed E-state index contributed by atoms with van der Waals surface area (Å²) in [6.45, 7) is 0.271. The van der Waals surface area contributed by atoms with Gasteiger partial charge in [0.05, 0.1) is 5.92 Å². The molecule has 2 N–H and O–H groups in total. The van der Waals surface area contributed by atoms with Crippen molar-refractivity contribution in [1.29, 1.82) is 0 Å². The summed E-state index contributed by atoms with van der Waals surface area (Å²) < 4.78 is 14.5. The third-order valence-corrected chi connectivity index (χ3v) is 4.17. The predicted molar refractivity (Wildman–Crippen MR) is 75.9 cm³/mol. The number of nitrogens with two attached hydrogens (primary N) is 1. The maximum Gasteiger partial charge on any atom is 0.227 e. The minimum Gasteiger partial charge on any atom is -0.341 e.